The smallest absolute Gasteiger partial charge is 0.194 e. The predicted octanol–water partition coefficient (Wildman–Crippen LogP) is 3.18. The van der Waals surface area contributed by atoms with Gasteiger partial charge in [0.25, 0.3) is 0 Å². The molecular weight excluding hydrogens is 348 g/mol. The van der Waals surface area contributed by atoms with Crippen LogP contribution in [-0.2, 0) is 0 Å². The molecule has 2 N–H and O–H groups in total. The van der Waals surface area contributed by atoms with Gasteiger partial charge in [0.1, 0.15) is 11.7 Å². The Morgan fingerprint density at radius 2 is 1.14 bits per heavy atom. The molecule has 2 heterocycles. The highest BCUT2D eigenvalue weighted by atomic mass is 16.1. The second kappa shape index (κ2) is 8.83. The van der Waals surface area contributed by atoms with Gasteiger partial charge in [-0.3, -0.25) is 14.8 Å². The zero-order chi connectivity index (χ0) is 19.2. The van der Waals surface area contributed by atoms with E-state index < -0.39 is 0 Å². The zero-order valence-electron chi connectivity index (χ0n) is 16.1. The van der Waals surface area contributed by atoms with Crippen molar-refractivity contribution in [2.75, 3.05) is 26.2 Å². The zero-order valence-corrected chi connectivity index (χ0v) is 16.1. The second-order valence-electron chi connectivity index (χ2n) is 7.15. The molecule has 0 atom stereocenters. The average molecular weight is 374 g/mol. The topological polar surface area (TPSA) is 65.8 Å². The van der Waals surface area contributed by atoms with Gasteiger partial charge in [-0.05, 0) is 25.7 Å². The van der Waals surface area contributed by atoms with E-state index in [-0.39, 0.29) is 5.78 Å². The molecule has 4 rings (SSSR count). The van der Waals surface area contributed by atoms with E-state index >= 15 is 0 Å². The molecule has 0 saturated heterocycles. The normalized spacial score (nSPS) is 17.3. The van der Waals surface area contributed by atoms with Gasteiger partial charge in [0.15, 0.2) is 5.78 Å². The van der Waals surface area contributed by atoms with Crippen molar-refractivity contribution >= 4 is 17.5 Å². The molecule has 0 spiro atoms. The predicted molar refractivity (Wildman–Crippen MR) is 114 cm³/mol. The van der Waals surface area contributed by atoms with Crippen molar-refractivity contribution in [3.05, 3.63) is 70.8 Å². The maximum Gasteiger partial charge on any atom is 0.194 e. The van der Waals surface area contributed by atoms with Crippen molar-refractivity contribution in [3.8, 4) is 0 Å². The molecular formula is C23H26N4O. The minimum atomic E-state index is 0.00805. The minimum Gasteiger partial charge on any atom is -0.370 e. The Labute approximate surface area is 166 Å². The summed E-state index contributed by atoms with van der Waals surface area (Å²) in [7, 11) is 0. The Balaban J connectivity index is 1.73. The van der Waals surface area contributed by atoms with Crippen molar-refractivity contribution < 1.29 is 4.79 Å². The van der Waals surface area contributed by atoms with Crippen LogP contribution in [0.5, 0.6) is 0 Å². The number of carbonyl (C=O) groups excluding carboxylic acids is 1. The van der Waals surface area contributed by atoms with E-state index in [2.05, 4.69) is 20.6 Å². The van der Waals surface area contributed by atoms with Crippen LogP contribution in [0.4, 0.5) is 0 Å². The Hall–Kier alpha value is -2.95. The molecule has 2 aliphatic heterocycles. The van der Waals surface area contributed by atoms with Crippen LogP contribution in [-0.4, -0.2) is 43.6 Å². The number of amidine groups is 2. The molecule has 0 amide bonds. The molecule has 0 aliphatic carbocycles. The fraction of sp³-hybridized carbons (Fsp3) is 0.348. The van der Waals surface area contributed by atoms with Crippen LogP contribution in [0.1, 0.15) is 52.7 Å². The SMILES string of the molecule is O=C(c1ccccc1C1=NCCCCN1)c1ccccc1C1=NCCCCN1. The van der Waals surface area contributed by atoms with Gasteiger partial charge in [0.2, 0.25) is 0 Å². The lowest BCUT2D eigenvalue weighted by Gasteiger charge is -2.15. The van der Waals surface area contributed by atoms with Crippen molar-refractivity contribution in [2.24, 2.45) is 9.98 Å². The lowest BCUT2D eigenvalue weighted by atomic mass is 9.94. The first-order chi connectivity index (χ1) is 13.8. The van der Waals surface area contributed by atoms with Gasteiger partial charge in [-0.15, -0.1) is 0 Å². The Morgan fingerprint density at radius 3 is 1.64 bits per heavy atom. The highest BCUT2D eigenvalue weighted by Crippen LogP contribution is 2.20. The molecule has 2 aromatic carbocycles. The Kier molecular flexibility index (Phi) is 5.80. The highest BCUT2D eigenvalue weighted by Gasteiger charge is 2.21. The summed E-state index contributed by atoms with van der Waals surface area (Å²) in [6.07, 6.45) is 4.33. The van der Waals surface area contributed by atoms with Crippen LogP contribution in [0.15, 0.2) is 58.5 Å². The molecule has 2 aliphatic rings. The van der Waals surface area contributed by atoms with Gasteiger partial charge < -0.3 is 10.6 Å². The third kappa shape index (κ3) is 3.98. The molecule has 0 unspecified atom stereocenters. The third-order valence-corrected chi connectivity index (χ3v) is 5.15. The number of nitrogens with zero attached hydrogens (tertiary/aromatic N) is 2. The summed E-state index contributed by atoms with van der Waals surface area (Å²) in [6.45, 7) is 3.36. The molecule has 0 bridgehead atoms. The summed E-state index contributed by atoms with van der Waals surface area (Å²) < 4.78 is 0. The van der Waals surface area contributed by atoms with E-state index in [0.29, 0.717) is 11.1 Å². The highest BCUT2D eigenvalue weighted by molar-refractivity contribution is 6.20. The first kappa shape index (κ1) is 18.4. The maximum absolute atomic E-state index is 13.6. The molecule has 0 radical (unpaired) electrons. The fourth-order valence-electron chi connectivity index (χ4n) is 3.66. The number of aliphatic imine (C=N–C) groups is 2. The number of rotatable bonds is 4. The third-order valence-electron chi connectivity index (χ3n) is 5.15. The van der Waals surface area contributed by atoms with Crippen LogP contribution in [0.2, 0.25) is 0 Å². The monoisotopic (exact) mass is 374 g/mol. The Bertz CT molecular complexity index is 843. The van der Waals surface area contributed by atoms with Gasteiger partial charge in [0.05, 0.1) is 0 Å². The number of hydrogen-bond acceptors (Lipinski definition) is 5. The van der Waals surface area contributed by atoms with Crippen LogP contribution in [0, 0.1) is 0 Å². The fourth-order valence-corrected chi connectivity index (χ4v) is 3.66. The maximum atomic E-state index is 13.6. The van der Waals surface area contributed by atoms with E-state index in [1.165, 1.54) is 0 Å². The quantitative estimate of drug-likeness (QED) is 0.808. The number of nitrogens with one attached hydrogen (secondary N) is 2. The van der Waals surface area contributed by atoms with Crippen molar-refractivity contribution in [2.45, 2.75) is 25.7 Å². The molecule has 0 aromatic heterocycles. The summed E-state index contributed by atoms with van der Waals surface area (Å²) >= 11 is 0. The minimum absolute atomic E-state index is 0.00805. The van der Waals surface area contributed by atoms with Gasteiger partial charge in [-0.2, -0.15) is 0 Å². The summed E-state index contributed by atoms with van der Waals surface area (Å²) in [6, 6.07) is 15.5. The largest absolute Gasteiger partial charge is 0.370 e. The Morgan fingerprint density at radius 1 is 0.679 bits per heavy atom. The molecule has 28 heavy (non-hydrogen) atoms. The number of carbonyl (C=O) groups is 1. The van der Waals surface area contributed by atoms with E-state index in [0.717, 1.165) is 74.7 Å². The van der Waals surface area contributed by atoms with Gasteiger partial charge in [-0.25, -0.2) is 0 Å². The summed E-state index contributed by atoms with van der Waals surface area (Å²) in [5, 5.41) is 6.79. The van der Waals surface area contributed by atoms with Crippen LogP contribution >= 0.6 is 0 Å². The molecule has 5 nitrogen and oxygen atoms in total. The number of hydrogen-bond donors (Lipinski definition) is 2. The molecule has 0 saturated carbocycles. The summed E-state index contributed by atoms with van der Waals surface area (Å²) in [5.41, 5.74) is 3.11. The molecule has 0 fully saturated rings. The molecule has 5 heteroatoms. The number of ketones is 1. The number of benzene rings is 2. The van der Waals surface area contributed by atoms with Crippen molar-refractivity contribution in [1.29, 1.82) is 0 Å². The van der Waals surface area contributed by atoms with Crippen molar-refractivity contribution in [1.82, 2.24) is 10.6 Å². The van der Waals surface area contributed by atoms with E-state index in [9.17, 15) is 4.79 Å². The summed E-state index contributed by atoms with van der Waals surface area (Å²) in [4.78, 5) is 22.9. The van der Waals surface area contributed by atoms with E-state index in [1.807, 2.05) is 48.5 Å². The first-order valence-electron chi connectivity index (χ1n) is 10.1. The molecule has 144 valence electrons. The second-order valence-corrected chi connectivity index (χ2v) is 7.15. The summed E-state index contributed by atoms with van der Waals surface area (Å²) in [5.74, 6) is 1.65. The van der Waals surface area contributed by atoms with Gasteiger partial charge >= 0.3 is 0 Å². The van der Waals surface area contributed by atoms with Gasteiger partial charge in [-0.1, -0.05) is 48.5 Å². The first-order valence-corrected chi connectivity index (χ1v) is 10.1. The van der Waals surface area contributed by atoms with Gasteiger partial charge in [0, 0.05) is 48.4 Å². The van der Waals surface area contributed by atoms with E-state index in [4.69, 9.17) is 0 Å². The van der Waals surface area contributed by atoms with E-state index in [1.54, 1.807) is 0 Å². The van der Waals surface area contributed by atoms with Crippen molar-refractivity contribution in [3.63, 3.8) is 0 Å². The molecule has 2 aromatic rings. The van der Waals surface area contributed by atoms with Crippen LogP contribution < -0.4 is 10.6 Å². The van der Waals surface area contributed by atoms with Crippen LogP contribution in [0.3, 0.4) is 0 Å². The standard InChI is InChI=1S/C23H26N4O/c28-21(17-9-1-3-11-19(17)22-24-13-5-6-14-25-22)18-10-2-4-12-20(18)23-26-15-7-8-16-27-23/h1-4,9-12H,5-8,13-16H2,(H,24,25)(H,26,27). The van der Waals surface area contributed by atoms with Crippen LogP contribution in [0.25, 0.3) is 0 Å². The lowest BCUT2D eigenvalue weighted by Crippen LogP contribution is -2.28. The average Bonchev–Trinajstić information content (AvgIpc) is 3.19. The lowest BCUT2D eigenvalue weighted by molar-refractivity contribution is 0.103.